The van der Waals surface area contributed by atoms with Crippen molar-refractivity contribution in [1.29, 1.82) is 0 Å². The quantitative estimate of drug-likeness (QED) is 0.545. The molecule has 2 saturated carbocycles. The fourth-order valence-corrected chi connectivity index (χ4v) is 2.77. The summed E-state index contributed by atoms with van der Waals surface area (Å²) < 4.78 is 0. The van der Waals surface area contributed by atoms with Gasteiger partial charge < -0.3 is 5.11 Å². The Morgan fingerprint density at radius 2 is 2.30 bits per heavy atom. The fraction of sp³-hybridized carbons (Fsp3) is 1.00. The number of hydrogen-bond donors (Lipinski definition) is 1. The van der Waals surface area contributed by atoms with Crippen LogP contribution in [0.4, 0.5) is 0 Å². The summed E-state index contributed by atoms with van der Waals surface area (Å²) in [6, 6.07) is 0. The second kappa shape index (κ2) is 1.97. The largest absolute Gasteiger partial charge is 0.390 e. The molecule has 2 rings (SSSR count). The average Bonchev–Trinajstić information content (AvgIpc) is 2.04. The number of hydrogen-bond acceptors (Lipinski definition) is 1. The highest BCUT2D eigenvalue weighted by Crippen LogP contribution is 2.48. The molecule has 58 valence electrons. The van der Waals surface area contributed by atoms with Crippen molar-refractivity contribution in [3.8, 4) is 0 Å². The van der Waals surface area contributed by atoms with Crippen LogP contribution in [0.15, 0.2) is 0 Å². The summed E-state index contributed by atoms with van der Waals surface area (Å²) in [5.74, 6) is 1.42. The highest BCUT2D eigenvalue weighted by Gasteiger charge is 2.45. The lowest BCUT2D eigenvalue weighted by atomic mass is 9.83. The second-order valence-electron chi connectivity index (χ2n) is 4.20. The molecule has 2 aliphatic carbocycles. The third kappa shape index (κ3) is 0.800. The summed E-state index contributed by atoms with van der Waals surface area (Å²) in [7, 11) is 0. The van der Waals surface area contributed by atoms with Gasteiger partial charge in [-0.05, 0) is 31.1 Å². The number of aliphatic hydroxyl groups is 1. The van der Waals surface area contributed by atoms with Crippen LogP contribution in [0, 0.1) is 11.8 Å². The third-order valence-corrected chi connectivity index (χ3v) is 3.47. The minimum Gasteiger partial charge on any atom is -0.390 e. The maximum absolute atomic E-state index is 9.99. The molecule has 2 fully saturated rings. The molecule has 1 heteroatoms. The first-order chi connectivity index (χ1) is 4.71. The molecular weight excluding hydrogens is 124 g/mol. The van der Waals surface area contributed by atoms with Gasteiger partial charge in [-0.15, -0.1) is 0 Å². The Morgan fingerprint density at radius 3 is 2.90 bits per heavy atom. The monoisotopic (exact) mass is 140 g/mol. The molecular formula is C9H16O. The molecule has 0 spiro atoms. The van der Waals surface area contributed by atoms with Crippen LogP contribution in [-0.4, -0.2) is 10.7 Å². The molecule has 1 unspecified atom stereocenters. The summed E-state index contributed by atoms with van der Waals surface area (Å²) in [5, 5.41) is 9.99. The Hall–Kier alpha value is -0.0400. The van der Waals surface area contributed by atoms with Crippen molar-refractivity contribution in [3.63, 3.8) is 0 Å². The van der Waals surface area contributed by atoms with Crippen LogP contribution in [0.3, 0.4) is 0 Å². The summed E-state index contributed by atoms with van der Waals surface area (Å²) in [4.78, 5) is 0. The zero-order valence-corrected chi connectivity index (χ0v) is 6.64. The zero-order chi connectivity index (χ0) is 7.19. The van der Waals surface area contributed by atoms with Crippen molar-refractivity contribution < 1.29 is 5.11 Å². The summed E-state index contributed by atoms with van der Waals surface area (Å²) in [6.07, 6.45) is 6.05. The Labute approximate surface area is 62.4 Å². The van der Waals surface area contributed by atoms with Crippen molar-refractivity contribution in [3.05, 3.63) is 0 Å². The van der Waals surface area contributed by atoms with Crippen LogP contribution < -0.4 is 0 Å². The Morgan fingerprint density at radius 1 is 1.50 bits per heavy atom. The van der Waals surface area contributed by atoms with Crippen LogP contribution in [-0.2, 0) is 0 Å². The first-order valence-electron chi connectivity index (χ1n) is 4.43. The van der Waals surface area contributed by atoms with Gasteiger partial charge in [0.05, 0.1) is 5.60 Å². The van der Waals surface area contributed by atoms with E-state index in [1.54, 1.807) is 0 Å². The molecule has 0 amide bonds. The molecule has 0 aromatic heterocycles. The van der Waals surface area contributed by atoms with E-state index in [2.05, 4.69) is 6.92 Å². The first-order valence-corrected chi connectivity index (χ1v) is 4.43. The van der Waals surface area contributed by atoms with Gasteiger partial charge in [0.2, 0.25) is 0 Å². The topological polar surface area (TPSA) is 20.2 Å². The molecule has 0 aromatic rings. The maximum Gasteiger partial charge on any atom is 0.0675 e. The van der Waals surface area contributed by atoms with Gasteiger partial charge in [-0.1, -0.05) is 19.8 Å². The molecule has 2 aliphatic rings. The highest BCUT2D eigenvalue weighted by molar-refractivity contribution is 4.97. The van der Waals surface area contributed by atoms with E-state index in [1.165, 1.54) is 19.3 Å². The SMILES string of the molecule is CC1C[C@@H]2CCC[C@@]1(O)C2. The van der Waals surface area contributed by atoms with E-state index in [9.17, 15) is 5.11 Å². The first kappa shape index (κ1) is 6.66. The van der Waals surface area contributed by atoms with Gasteiger partial charge in [-0.3, -0.25) is 0 Å². The van der Waals surface area contributed by atoms with Gasteiger partial charge in [0.25, 0.3) is 0 Å². The molecule has 0 heterocycles. The van der Waals surface area contributed by atoms with Crippen LogP contribution in [0.5, 0.6) is 0 Å². The molecule has 0 aliphatic heterocycles. The van der Waals surface area contributed by atoms with E-state index < -0.39 is 0 Å². The van der Waals surface area contributed by atoms with Crippen molar-refractivity contribution in [2.24, 2.45) is 11.8 Å². The Bertz CT molecular complexity index is 144. The van der Waals surface area contributed by atoms with Crippen LogP contribution >= 0.6 is 0 Å². The molecule has 0 radical (unpaired) electrons. The van der Waals surface area contributed by atoms with Crippen LogP contribution in [0.1, 0.15) is 39.0 Å². The van der Waals surface area contributed by atoms with E-state index in [0.717, 1.165) is 18.8 Å². The van der Waals surface area contributed by atoms with E-state index in [0.29, 0.717) is 5.92 Å². The lowest BCUT2D eigenvalue weighted by Gasteiger charge is -2.30. The van der Waals surface area contributed by atoms with Crippen LogP contribution in [0.2, 0.25) is 0 Å². The standard InChI is InChI=1S/C9H16O/c1-7-5-8-3-2-4-9(7,10)6-8/h7-8,10H,2-6H2,1H3/t7?,8-,9+/m0/s1. The van der Waals surface area contributed by atoms with Crippen molar-refractivity contribution in [1.82, 2.24) is 0 Å². The zero-order valence-electron chi connectivity index (χ0n) is 6.64. The molecule has 3 atom stereocenters. The van der Waals surface area contributed by atoms with Gasteiger partial charge in [0, 0.05) is 0 Å². The normalized spacial score (nSPS) is 53.4. The van der Waals surface area contributed by atoms with E-state index in [1.807, 2.05) is 0 Å². The average molecular weight is 140 g/mol. The van der Waals surface area contributed by atoms with Gasteiger partial charge in [0.15, 0.2) is 0 Å². The maximum atomic E-state index is 9.99. The predicted molar refractivity (Wildman–Crippen MR) is 40.7 cm³/mol. The lowest BCUT2D eigenvalue weighted by Crippen LogP contribution is -2.32. The molecule has 0 saturated heterocycles. The molecule has 1 nitrogen and oxygen atoms in total. The van der Waals surface area contributed by atoms with E-state index in [4.69, 9.17) is 0 Å². The van der Waals surface area contributed by atoms with Crippen molar-refractivity contribution in [2.45, 2.75) is 44.6 Å². The van der Waals surface area contributed by atoms with E-state index in [-0.39, 0.29) is 5.60 Å². The second-order valence-corrected chi connectivity index (χ2v) is 4.20. The van der Waals surface area contributed by atoms with Gasteiger partial charge in [-0.25, -0.2) is 0 Å². The minimum absolute atomic E-state index is 0.247. The minimum atomic E-state index is -0.247. The molecule has 10 heavy (non-hydrogen) atoms. The molecule has 2 bridgehead atoms. The summed E-state index contributed by atoms with van der Waals surface area (Å²) in [5.41, 5.74) is -0.247. The fourth-order valence-electron chi connectivity index (χ4n) is 2.77. The summed E-state index contributed by atoms with van der Waals surface area (Å²) >= 11 is 0. The molecule has 0 aromatic carbocycles. The number of fused-ring (bicyclic) bond motifs is 2. The third-order valence-electron chi connectivity index (χ3n) is 3.47. The lowest BCUT2D eigenvalue weighted by molar-refractivity contribution is -0.0122. The van der Waals surface area contributed by atoms with Crippen molar-refractivity contribution >= 4 is 0 Å². The smallest absolute Gasteiger partial charge is 0.0675 e. The number of rotatable bonds is 0. The van der Waals surface area contributed by atoms with Gasteiger partial charge in [-0.2, -0.15) is 0 Å². The van der Waals surface area contributed by atoms with Crippen molar-refractivity contribution in [2.75, 3.05) is 0 Å². The predicted octanol–water partition coefficient (Wildman–Crippen LogP) is 1.95. The Balaban J connectivity index is 2.18. The van der Waals surface area contributed by atoms with Gasteiger partial charge in [0.1, 0.15) is 0 Å². The highest BCUT2D eigenvalue weighted by atomic mass is 16.3. The van der Waals surface area contributed by atoms with E-state index >= 15 is 0 Å². The van der Waals surface area contributed by atoms with Crippen LogP contribution in [0.25, 0.3) is 0 Å². The summed E-state index contributed by atoms with van der Waals surface area (Å²) in [6.45, 7) is 2.20. The molecule has 1 N–H and O–H groups in total. The van der Waals surface area contributed by atoms with Gasteiger partial charge >= 0.3 is 0 Å². The Kier molecular flexibility index (Phi) is 1.31.